The van der Waals surface area contributed by atoms with E-state index in [4.69, 9.17) is 4.42 Å². The fourth-order valence-corrected chi connectivity index (χ4v) is 1.25. The molecule has 0 bridgehead atoms. The van der Waals surface area contributed by atoms with Crippen molar-refractivity contribution in [2.24, 2.45) is 0 Å². The molecule has 0 amide bonds. The summed E-state index contributed by atoms with van der Waals surface area (Å²) in [6, 6.07) is 3.91. The Kier molecular flexibility index (Phi) is 4.19. The second-order valence-electron chi connectivity index (χ2n) is 2.24. The standard InChI is InChI=1S/C9H10INO/c1-2-3-6-11-7-8-4-5-9(10)12-8/h4-5,11H,6-7H2,1H3. The Morgan fingerprint density at radius 1 is 1.58 bits per heavy atom. The van der Waals surface area contributed by atoms with Crippen molar-refractivity contribution in [3.63, 3.8) is 0 Å². The van der Waals surface area contributed by atoms with Crippen molar-refractivity contribution in [2.45, 2.75) is 13.5 Å². The van der Waals surface area contributed by atoms with E-state index in [0.717, 1.165) is 16.1 Å². The number of furan rings is 1. The third kappa shape index (κ3) is 3.28. The third-order valence-corrected chi connectivity index (χ3v) is 1.90. The molecular formula is C9H10INO. The predicted octanol–water partition coefficient (Wildman–Crippen LogP) is 2.00. The minimum atomic E-state index is 0.716. The highest BCUT2D eigenvalue weighted by molar-refractivity contribution is 14.1. The second-order valence-corrected chi connectivity index (χ2v) is 3.30. The van der Waals surface area contributed by atoms with Crippen molar-refractivity contribution < 1.29 is 4.42 Å². The van der Waals surface area contributed by atoms with E-state index in [-0.39, 0.29) is 0 Å². The zero-order valence-corrected chi connectivity index (χ0v) is 9.01. The van der Waals surface area contributed by atoms with Gasteiger partial charge in [0.05, 0.1) is 13.1 Å². The second kappa shape index (κ2) is 5.22. The fourth-order valence-electron chi connectivity index (χ4n) is 0.783. The van der Waals surface area contributed by atoms with E-state index in [1.165, 1.54) is 0 Å². The van der Waals surface area contributed by atoms with E-state index in [9.17, 15) is 0 Å². The van der Waals surface area contributed by atoms with Gasteiger partial charge in [0.2, 0.25) is 0 Å². The predicted molar refractivity (Wildman–Crippen MR) is 56.6 cm³/mol. The minimum Gasteiger partial charge on any atom is -0.454 e. The largest absolute Gasteiger partial charge is 0.454 e. The molecule has 1 aromatic rings. The zero-order valence-electron chi connectivity index (χ0n) is 6.86. The van der Waals surface area contributed by atoms with Gasteiger partial charge in [0.25, 0.3) is 0 Å². The molecule has 0 saturated heterocycles. The molecule has 2 nitrogen and oxygen atoms in total. The van der Waals surface area contributed by atoms with E-state index in [2.05, 4.69) is 39.7 Å². The van der Waals surface area contributed by atoms with Crippen LogP contribution in [0.2, 0.25) is 0 Å². The van der Waals surface area contributed by atoms with Gasteiger partial charge in [-0.15, -0.1) is 5.92 Å². The lowest BCUT2D eigenvalue weighted by Crippen LogP contribution is -2.12. The number of hydrogen-bond donors (Lipinski definition) is 1. The Hall–Kier alpha value is -0.470. The summed E-state index contributed by atoms with van der Waals surface area (Å²) in [7, 11) is 0. The summed E-state index contributed by atoms with van der Waals surface area (Å²) in [4.78, 5) is 0. The Balaban J connectivity index is 2.27. The van der Waals surface area contributed by atoms with Gasteiger partial charge in [-0.1, -0.05) is 5.92 Å². The van der Waals surface area contributed by atoms with Gasteiger partial charge in [-0.05, 0) is 41.6 Å². The Bertz CT molecular complexity index is 295. The molecule has 1 aromatic heterocycles. The van der Waals surface area contributed by atoms with Gasteiger partial charge in [0, 0.05) is 0 Å². The van der Waals surface area contributed by atoms with Crippen molar-refractivity contribution in [2.75, 3.05) is 6.54 Å². The Morgan fingerprint density at radius 3 is 3.00 bits per heavy atom. The van der Waals surface area contributed by atoms with Crippen LogP contribution in [-0.4, -0.2) is 6.54 Å². The molecule has 1 heterocycles. The van der Waals surface area contributed by atoms with Gasteiger partial charge in [-0.25, -0.2) is 0 Å². The third-order valence-electron chi connectivity index (χ3n) is 1.32. The maximum atomic E-state index is 5.34. The van der Waals surface area contributed by atoms with Gasteiger partial charge in [0.1, 0.15) is 5.76 Å². The summed E-state index contributed by atoms with van der Waals surface area (Å²) in [6.07, 6.45) is 0. The first-order valence-electron chi connectivity index (χ1n) is 3.67. The van der Waals surface area contributed by atoms with Crippen LogP contribution < -0.4 is 5.32 Å². The van der Waals surface area contributed by atoms with Crippen LogP contribution in [0.1, 0.15) is 12.7 Å². The van der Waals surface area contributed by atoms with Crippen LogP contribution in [0.3, 0.4) is 0 Å². The van der Waals surface area contributed by atoms with E-state index < -0.39 is 0 Å². The molecule has 0 unspecified atom stereocenters. The van der Waals surface area contributed by atoms with Gasteiger partial charge >= 0.3 is 0 Å². The van der Waals surface area contributed by atoms with Crippen LogP contribution in [-0.2, 0) is 6.54 Å². The molecule has 0 spiro atoms. The van der Waals surface area contributed by atoms with Crippen LogP contribution in [0.15, 0.2) is 16.5 Å². The molecular weight excluding hydrogens is 265 g/mol. The highest BCUT2D eigenvalue weighted by atomic mass is 127. The van der Waals surface area contributed by atoms with E-state index in [0.29, 0.717) is 6.54 Å². The smallest absolute Gasteiger partial charge is 0.164 e. The first kappa shape index (κ1) is 9.62. The average Bonchev–Trinajstić information content (AvgIpc) is 2.45. The zero-order chi connectivity index (χ0) is 8.81. The van der Waals surface area contributed by atoms with Crippen molar-refractivity contribution in [3.05, 3.63) is 21.7 Å². The first-order valence-corrected chi connectivity index (χ1v) is 4.75. The molecule has 0 aliphatic heterocycles. The summed E-state index contributed by atoms with van der Waals surface area (Å²) in [5.41, 5.74) is 0. The maximum Gasteiger partial charge on any atom is 0.164 e. The summed E-state index contributed by atoms with van der Waals surface area (Å²) in [5, 5.41) is 3.15. The van der Waals surface area contributed by atoms with Crippen molar-refractivity contribution in [1.29, 1.82) is 0 Å². The van der Waals surface area contributed by atoms with Crippen LogP contribution in [0, 0.1) is 15.6 Å². The highest BCUT2D eigenvalue weighted by Crippen LogP contribution is 2.09. The van der Waals surface area contributed by atoms with Crippen LogP contribution >= 0.6 is 22.6 Å². The van der Waals surface area contributed by atoms with Gasteiger partial charge in [-0.2, -0.15) is 0 Å². The fraction of sp³-hybridized carbons (Fsp3) is 0.333. The molecule has 1 N–H and O–H groups in total. The molecule has 0 fully saturated rings. The topological polar surface area (TPSA) is 25.2 Å². The van der Waals surface area contributed by atoms with Gasteiger partial charge in [-0.3, -0.25) is 5.32 Å². The summed E-state index contributed by atoms with van der Waals surface area (Å²) < 4.78 is 6.26. The number of halogens is 1. The van der Waals surface area contributed by atoms with E-state index >= 15 is 0 Å². The molecule has 0 saturated carbocycles. The van der Waals surface area contributed by atoms with Gasteiger partial charge < -0.3 is 4.42 Å². The minimum absolute atomic E-state index is 0.716. The molecule has 1 rings (SSSR count). The summed E-state index contributed by atoms with van der Waals surface area (Å²) >= 11 is 2.15. The summed E-state index contributed by atoms with van der Waals surface area (Å²) in [5.74, 6) is 6.69. The quantitative estimate of drug-likeness (QED) is 0.518. The number of nitrogens with one attached hydrogen (secondary N) is 1. The van der Waals surface area contributed by atoms with Crippen LogP contribution in [0.4, 0.5) is 0 Å². The average molecular weight is 275 g/mol. The highest BCUT2D eigenvalue weighted by Gasteiger charge is 1.96. The van der Waals surface area contributed by atoms with E-state index in [1.807, 2.05) is 19.1 Å². The molecule has 3 heteroatoms. The maximum absolute atomic E-state index is 5.34. The molecule has 0 aliphatic rings. The monoisotopic (exact) mass is 275 g/mol. The molecule has 12 heavy (non-hydrogen) atoms. The number of hydrogen-bond acceptors (Lipinski definition) is 2. The Morgan fingerprint density at radius 2 is 2.42 bits per heavy atom. The lowest BCUT2D eigenvalue weighted by molar-refractivity contribution is 0.470. The van der Waals surface area contributed by atoms with Crippen LogP contribution in [0.5, 0.6) is 0 Å². The molecule has 64 valence electrons. The van der Waals surface area contributed by atoms with Crippen molar-refractivity contribution in [3.8, 4) is 11.8 Å². The van der Waals surface area contributed by atoms with Crippen molar-refractivity contribution >= 4 is 22.6 Å². The SMILES string of the molecule is CC#CCNCc1ccc(I)o1. The lowest BCUT2D eigenvalue weighted by atomic mass is 10.4. The Labute approximate surface area is 85.9 Å². The molecule has 0 aliphatic carbocycles. The summed E-state index contributed by atoms with van der Waals surface area (Å²) in [6.45, 7) is 3.29. The normalized spacial score (nSPS) is 9.17. The molecule has 0 radical (unpaired) electrons. The first-order chi connectivity index (χ1) is 5.83. The number of rotatable bonds is 3. The van der Waals surface area contributed by atoms with Crippen LogP contribution in [0.25, 0.3) is 0 Å². The van der Waals surface area contributed by atoms with Gasteiger partial charge in [0.15, 0.2) is 3.77 Å². The molecule has 0 aromatic carbocycles. The molecule has 0 atom stereocenters. The lowest BCUT2D eigenvalue weighted by Gasteiger charge is -1.94. The van der Waals surface area contributed by atoms with Crippen molar-refractivity contribution in [1.82, 2.24) is 5.32 Å². The van der Waals surface area contributed by atoms with E-state index in [1.54, 1.807) is 0 Å².